The summed E-state index contributed by atoms with van der Waals surface area (Å²) >= 11 is 0. The van der Waals surface area contributed by atoms with Crippen LogP contribution in [-0.4, -0.2) is 17.6 Å². The van der Waals surface area contributed by atoms with Gasteiger partial charge in [-0.3, -0.25) is 10.1 Å². The van der Waals surface area contributed by atoms with Crippen molar-refractivity contribution in [2.75, 3.05) is 11.9 Å². The third-order valence-electron chi connectivity index (χ3n) is 4.69. The minimum absolute atomic E-state index is 0.116. The van der Waals surface area contributed by atoms with E-state index in [1.54, 1.807) is 0 Å². The van der Waals surface area contributed by atoms with E-state index in [-0.39, 0.29) is 22.6 Å². The molecule has 1 heterocycles. The van der Waals surface area contributed by atoms with Gasteiger partial charge < -0.3 is 10.1 Å². The fourth-order valence-electron chi connectivity index (χ4n) is 3.75. The smallest absolute Gasteiger partial charge is 0.296 e. The molecule has 0 fully saturated rings. The number of hydrogen-bond donors (Lipinski definition) is 1. The zero-order valence-corrected chi connectivity index (χ0v) is 13.2. The van der Waals surface area contributed by atoms with Crippen molar-refractivity contribution in [2.24, 2.45) is 11.8 Å². The van der Waals surface area contributed by atoms with Crippen LogP contribution in [0.1, 0.15) is 38.7 Å². The van der Waals surface area contributed by atoms with Gasteiger partial charge in [0.2, 0.25) is 0 Å². The summed E-state index contributed by atoms with van der Waals surface area (Å²) < 4.78 is 5.53. The molecular formula is C17H22N2O3. The number of nitro benzene ring substituents is 1. The maximum absolute atomic E-state index is 11.5. The summed E-state index contributed by atoms with van der Waals surface area (Å²) in [6.07, 6.45) is 5.41. The number of benzene rings is 1. The van der Waals surface area contributed by atoms with Crippen molar-refractivity contribution >= 4 is 11.4 Å². The predicted octanol–water partition coefficient (Wildman–Crippen LogP) is 4.10. The highest BCUT2D eigenvalue weighted by molar-refractivity contribution is 5.72. The van der Waals surface area contributed by atoms with Gasteiger partial charge in [-0.1, -0.05) is 26.0 Å². The molecule has 0 radical (unpaired) electrons. The third-order valence-corrected chi connectivity index (χ3v) is 4.69. The van der Waals surface area contributed by atoms with Gasteiger partial charge in [0.25, 0.3) is 5.69 Å². The van der Waals surface area contributed by atoms with Crippen LogP contribution in [0.4, 0.5) is 11.4 Å². The van der Waals surface area contributed by atoms with Crippen LogP contribution in [0.2, 0.25) is 0 Å². The van der Waals surface area contributed by atoms with Crippen molar-refractivity contribution in [2.45, 2.75) is 39.2 Å². The van der Waals surface area contributed by atoms with Gasteiger partial charge in [-0.2, -0.15) is 0 Å². The second-order valence-corrected chi connectivity index (χ2v) is 6.36. The van der Waals surface area contributed by atoms with Crippen molar-refractivity contribution in [1.82, 2.24) is 0 Å². The zero-order valence-electron chi connectivity index (χ0n) is 13.2. The van der Waals surface area contributed by atoms with Crippen molar-refractivity contribution < 1.29 is 9.66 Å². The number of allylic oxidation sites excluding steroid dienone is 2. The lowest BCUT2D eigenvalue weighted by atomic mass is 9.75. The Balaban J connectivity index is 2.14. The number of rotatable bonds is 4. The summed E-state index contributed by atoms with van der Waals surface area (Å²) in [6.45, 7) is 6.72. The summed E-state index contributed by atoms with van der Waals surface area (Å²) in [5.74, 6) is 1.70. The summed E-state index contributed by atoms with van der Waals surface area (Å²) in [5, 5.41) is 14.9. The SMILES string of the molecule is CCOc1cc2c(c([N+](=O)[O-])c1)NC(C(C)C)C1CC=CC21. The third kappa shape index (κ3) is 2.34. The Labute approximate surface area is 130 Å². The quantitative estimate of drug-likeness (QED) is 0.516. The van der Waals surface area contributed by atoms with E-state index in [1.165, 1.54) is 6.07 Å². The number of fused-ring (bicyclic) bond motifs is 3. The molecule has 118 valence electrons. The normalized spacial score (nSPS) is 25.5. The minimum Gasteiger partial charge on any atom is -0.494 e. The monoisotopic (exact) mass is 302 g/mol. The van der Waals surface area contributed by atoms with E-state index in [2.05, 4.69) is 31.3 Å². The summed E-state index contributed by atoms with van der Waals surface area (Å²) in [5.41, 5.74) is 1.78. The fraction of sp³-hybridized carbons (Fsp3) is 0.529. The molecule has 0 spiro atoms. The van der Waals surface area contributed by atoms with E-state index in [1.807, 2.05) is 13.0 Å². The molecule has 5 heteroatoms. The molecule has 0 bridgehead atoms. The average molecular weight is 302 g/mol. The van der Waals surface area contributed by atoms with Crippen LogP contribution >= 0.6 is 0 Å². The number of ether oxygens (including phenoxy) is 1. The van der Waals surface area contributed by atoms with Crippen LogP contribution in [0.3, 0.4) is 0 Å². The summed E-state index contributed by atoms with van der Waals surface area (Å²) in [4.78, 5) is 11.2. The minimum atomic E-state index is -0.315. The number of nitrogens with one attached hydrogen (secondary N) is 1. The van der Waals surface area contributed by atoms with E-state index in [9.17, 15) is 10.1 Å². The highest BCUT2D eigenvalue weighted by Crippen LogP contribution is 2.50. The second kappa shape index (κ2) is 5.63. The lowest BCUT2D eigenvalue weighted by Crippen LogP contribution is -2.39. The Hall–Kier alpha value is -2.04. The average Bonchev–Trinajstić information content (AvgIpc) is 2.95. The Kier molecular flexibility index (Phi) is 3.81. The first-order valence-electron chi connectivity index (χ1n) is 7.91. The Morgan fingerprint density at radius 1 is 1.45 bits per heavy atom. The first-order valence-corrected chi connectivity index (χ1v) is 7.91. The Morgan fingerprint density at radius 3 is 2.86 bits per heavy atom. The summed E-state index contributed by atoms with van der Waals surface area (Å²) in [7, 11) is 0. The van der Waals surface area contributed by atoms with Crippen LogP contribution in [-0.2, 0) is 0 Å². The topological polar surface area (TPSA) is 64.4 Å². The molecule has 2 aliphatic rings. The standard InChI is InChI=1S/C17H22N2O3/c1-4-22-11-8-14-12-6-5-7-13(12)16(10(2)3)18-17(14)15(9-11)19(20)21/h5-6,8-10,12-13,16,18H,4,7H2,1-3H3. The van der Waals surface area contributed by atoms with Crippen LogP contribution in [0, 0.1) is 22.0 Å². The molecule has 22 heavy (non-hydrogen) atoms. The molecule has 1 aromatic carbocycles. The molecule has 0 saturated heterocycles. The molecular weight excluding hydrogens is 280 g/mol. The van der Waals surface area contributed by atoms with E-state index in [0.717, 1.165) is 12.0 Å². The van der Waals surface area contributed by atoms with Gasteiger partial charge in [0.1, 0.15) is 11.4 Å². The van der Waals surface area contributed by atoms with Crippen LogP contribution in [0.5, 0.6) is 5.75 Å². The molecule has 1 aliphatic carbocycles. The van der Waals surface area contributed by atoms with Crippen molar-refractivity contribution in [3.8, 4) is 5.75 Å². The lowest BCUT2D eigenvalue weighted by Gasteiger charge is -2.39. The van der Waals surface area contributed by atoms with Gasteiger partial charge in [-0.15, -0.1) is 0 Å². The maximum atomic E-state index is 11.5. The largest absolute Gasteiger partial charge is 0.494 e. The van der Waals surface area contributed by atoms with Gasteiger partial charge in [-0.05, 0) is 36.8 Å². The first kappa shape index (κ1) is 14.9. The van der Waals surface area contributed by atoms with E-state index in [0.29, 0.717) is 29.9 Å². The number of nitrogens with zero attached hydrogens (tertiary/aromatic N) is 1. The lowest BCUT2D eigenvalue weighted by molar-refractivity contribution is -0.384. The molecule has 1 aliphatic heterocycles. The highest BCUT2D eigenvalue weighted by atomic mass is 16.6. The van der Waals surface area contributed by atoms with Gasteiger partial charge in [-0.25, -0.2) is 0 Å². The molecule has 0 amide bonds. The van der Waals surface area contributed by atoms with E-state index < -0.39 is 0 Å². The Morgan fingerprint density at radius 2 is 2.23 bits per heavy atom. The molecule has 1 aromatic rings. The predicted molar refractivity (Wildman–Crippen MR) is 86.5 cm³/mol. The molecule has 1 N–H and O–H groups in total. The van der Waals surface area contributed by atoms with Crippen molar-refractivity contribution in [3.63, 3.8) is 0 Å². The molecule has 3 atom stereocenters. The molecule has 3 unspecified atom stereocenters. The summed E-state index contributed by atoms with van der Waals surface area (Å²) in [6, 6.07) is 3.75. The molecule has 0 aromatic heterocycles. The second-order valence-electron chi connectivity index (χ2n) is 6.36. The number of anilines is 1. The fourth-order valence-corrected chi connectivity index (χ4v) is 3.75. The van der Waals surface area contributed by atoms with Gasteiger partial charge >= 0.3 is 0 Å². The van der Waals surface area contributed by atoms with E-state index in [4.69, 9.17) is 4.74 Å². The highest BCUT2D eigenvalue weighted by Gasteiger charge is 2.41. The molecule has 3 rings (SSSR count). The zero-order chi connectivity index (χ0) is 15.9. The number of nitro groups is 1. The van der Waals surface area contributed by atoms with Crippen molar-refractivity contribution in [1.29, 1.82) is 0 Å². The maximum Gasteiger partial charge on any atom is 0.296 e. The first-order chi connectivity index (χ1) is 10.5. The van der Waals surface area contributed by atoms with Crippen LogP contribution in [0.25, 0.3) is 0 Å². The van der Waals surface area contributed by atoms with Crippen molar-refractivity contribution in [3.05, 3.63) is 40.0 Å². The number of hydrogen-bond acceptors (Lipinski definition) is 4. The van der Waals surface area contributed by atoms with Crippen LogP contribution in [0.15, 0.2) is 24.3 Å². The van der Waals surface area contributed by atoms with Gasteiger partial charge in [0.15, 0.2) is 0 Å². The molecule has 0 saturated carbocycles. The van der Waals surface area contributed by atoms with Gasteiger partial charge in [0.05, 0.1) is 17.6 Å². The van der Waals surface area contributed by atoms with Gasteiger partial charge in [0, 0.05) is 12.0 Å². The Bertz CT molecular complexity index is 625. The van der Waals surface area contributed by atoms with Crippen LogP contribution < -0.4 is 10.1 Å². The van der Waals surface area contributed by atoms with E-state index >= 15 is 0 Å². The molecule has 5 nitrogen and oxygen atoms in total.